The number of piperidine rings is 1. The molecule has 0 aromatic heterocycles. The molecule has 1 N–H and O–H groups in total. The van der Waals surface area contributed by atoms with Crippen molar-refractivity contribution in [2.24, 2.45) is 5.92 Å². The van der Waals surface area contributed by atoms with Gasteiger partial charge in [-0.2, -0.15) is 0 Å². The number of hydrogen-bond acceptors (Lipinski definition) is 3. The number of benzene rings is 1. The highest BCUT2D eigenvalue weighted by atomic mass is 19.4. The van der Waals surface area contributed by atoms with Crippen LogP contribution in [0.25, 0.3) is 0 Å². The van der Waals surface area contributed by atoms with Crippen LogP contribution in [-0.4, -0.2) is 36.3 Å². The molecule has 0 radical (unpaired) electrons. The van der Waals surface area contributed by atoms with Crippen LogP contribution in [0, 0.1) is 5.92 Å². The lowest BCUT2D eigenvalue weighted by atomic mass is 9.93. The molecule has 2 rings (SSSR count). The Balaban J connectivity index is 1.89. The van der Waals surface area contributed by atoms with Crippen molar-refractivity contribution in [1.82, 2.24) is 10.2 Å². The monoisotopic (exact) mass is 330 g/mol. The molecule has 1 aliphatic heterocycles. The van der Waals surface area contributed by atoms with Crippen molar-refractivity contribution in [3.8, 4) is 5.75 Å². The molecule has 0 saturated carbocycles. The molecule has 0 bridgehead atoms. The van der Waals surface area contributed by atoms with E-state index in [1.54, 1.807) is 19.1 Å². The van der Waals surface area contributed by atoms with Crippen molar-refractivity contribution < 1.29 is 22.7 Å². The molecular formula is C16H21F3N2O2. The van der Waals surface area contributed by atoms with E-state index in [-0.39, 0.29) is 17.7 Å². The summed E-state index contributed by atoms with van der Waals surface area (Å²) in [6.07, 6.45) is -3.85. The zero-order chi connectivity index (χ0) is 17.0. The number of nitrogens with one attached hydrogen (secondary N) is 1. The van der Waals surface area contributed by atoms with Crippen LogP contribution < -0.4 is 10.1 Å². The molecule has 1 fully saturated rings. The minimum atomic E-state index is -4.68. The highest BCUT2D eigenvalue weighted by molar-refractivity contribution is 5.73. The molecule has 2 atom stereocenters. The second-order valence-electron chi connectivity index (χ2n) is 5.91. The number of halogens is 3. The second-order valence-corrected chi connectivity index (χ2v) is 5.91. The lowest BCUT2D eigenvalue weighted by molar-refractivity contribution is -0.274. The van der Waals surface area contributed by atoms with Gasteiger partial charge in [-0.1, -0.05) is 19.1 Å². The molecule has 1 saturated heterocycles. The van der Waals surface area contributed by atoms with Crippen molar-refractivity contribution in [1.29, 1.82) is 0 Å². The predicted molar refractivity (Wildman–Crippen MR) is 79.8 cm³/mol. The third-order valence-corrected chi connectivity index (χ3v) is 4.05. The molecule has 1 aromatic rings. The van der Waals surface area contributed by atoms with Gasteiger partial charge in [0.15, 0.2) is 0 Å². The zero-order valence-corrected chi connectivity index (χ0v) is 13.2. The summed E-state index contributed by atoms with van der Waals surface area (Å²) in [5.74, 6) is 0.158. The first-order chi connectivity index (χ1) is 10.7. The van der Waals surface area contributed by atoms with Gasteiger partial charge in [0.25, 0.3) is 0 Å². The molecule has 1 amide bonds. The summed E-state index contributed by atoms with van der Waals surface area (Å²) in [7, 11) is 0. The molecule has 1 aliphatic rings. The normalized spacial score (nSPS) is 22.0. The van der Waals surface area contributed by atoms with Crippen molar-refractivity contribution >= 4 is 5.91 Å². The van der Waals surface area contributed by atoms with E-state index in [9.17, 15) is 18.0 Å². The smallest absolute Gasteiger partial charge is 0.406 e. The van der Waals surface area contributed by atoms with E-state index in [4.69, 9.17) is 0 Å². The van der Waals surface area contributed by atoms with Gasteiger partial charge in [-0.15, -0.1) is 13.2 Å². The zero-order valence-electron chi connectivity index (χ0n) is 13.2. The molecule has 0 spiro atoms. The van der Waals surface area contributed by atoms with Crippen molar-refractivity contribution in [3.05, 3.63) is 29.8 Å². The molecule has 7 heteroatoms. The average molecular weight is 330 g/mol. The number of ether oxygens (including phenoxy) is 1. The fourth-order valence-electron chi connectivity index (χ4n) is 2.84. The summed E-state index contributed by atoms with van der Waals surface area (Å²) in [5.41, 5.74) is 0.730. The van der Waals surface area contributed by atoms with E-state index in [1.165, 1.54) is 12.1 Å². The molecular weight excluding hydrogens is 309 g/mol. The number of amides is 1. The van der Waals surface area contributed by atoms with Gasteiger partial charge in [-0.05, 0) is 30.0 Å². The van der Waals surface area contributed by atoms with E-state index in [0.717, 1.165) is 12.0 Å². The summed E-state index contributed by atoms with van der Waals surface area (Å²) in [6, 6.07) is 6.20. The van der Waals surface area contributed by atoms with Crippen molar-refractivity contribution in [3.63, 3.8) is 0 Å². The number of nitrogens with zero attached hydrogens (tertiary/aromatic N) is 1. The number of alkyl halides is 3. The third kappa shape index (κ3) is 5.42. The van der Waals surface area contributed by atoms with Gasteiger partial charge >= 0.3 is 6.36 Å². The van der Waals surface area contributed by atoms with E-state index in [2.05, 4.69) is 17.0 Å². The van der Waals surface area contributed by atoms with E-state index < -0.39 is 6.36 Å². The Labute approximate surface area is 133 Å². The molecule has 1 aromatic carbocycles. The van der Waals surface area contributed by atoms with Crippen LogP contribution in [0.2, 0.25) is 0 Å². The summed E-state index contributed by atoms with van der Waals surface area (Å²) >= 11 is 0. The van der Waals surface area contributed by atoms with Crippen LogP contribution in [-0.2, 0) is 11.3 Å². The molecule has 2 unspecified atom stereocenters. The Morgan fingerprint density at radius 3 is 2.78 bits per heavy atom. The number of rotatable bonds is 4. The molecule has 128 valence electrons. The maximum Gasteiger partial charge on any atom is 0.573 e. The third-order valence-electron chi connectivity index (χ3n) is 4.05. The maximum absolute atomic E-state index is 12.2. The quantitative estimate of drug-likeness (QED) is 0.923. The van der Waals surface area contributed by atoms with E-state index in [1.807, 2.05) is 4.90 Å². The molecule has 23 heavy (non-hydrogen) atoms. The van der Waals surface area contributed by atoms with Gasteiger partial charge in [-0.3, -0.25) is 4.79 Å². The molecule has 4 nitrogen and oxygen atoms in total. The first kappa shape index (κ1) is 17.6. The van der Waals surface area contributed by atoms with E-state index >= 15 is 0 Å². The van der Waals surface area contributed by atoms with Crippen LogP contribution in [0.3, 0.4) is 0 Å². The second kappa shape index (κ2) is 7.21. The summed E-state index contributed by atoms with van der Waals surface area (Å²) < 4.78 is 40.6. The Morgan fingerprint density at radius 2 is 2.17 bits per heavy atom. The summed E-state index contributed by atoms with van der Waals surface area (Å²) in [5, 5.41) is 3.36. The van der Waals surface area contributed by atoms with Crippen LogP contribution in [0.1, 0.15) is 25.8 Å². The topological polar surface area (TPSA) is 41.6 Å². The number of hydrogen-bond donors (Lipinski definition) is 1. The van der Waals surface area contributed by atoms with Gasteiger partial charge in [0.2, 0.25) is 5.91 Å². The summed E-state index contributed by atoms with van der Waals surface area (Å²) in [6.45, 7) is 5.49. The minimum absolute atomic E-state index is 0.0762. The van der Waals surface area contributed by atoms with Crippen LogP contribution >= 0.6 is 0 Å². The minimum Gasteiger partial charge on any atom is -0.406 e. The largest absolute Gasteiger partial charge is 0.573 e. The molecule has 1 heterocycles. The Kier molecular flexibility index (Phi) is 5.51. The Morgan fingerprint density at radius 1 is 1.43 bits per heavy atom. The van der Waals surface area contributed by atoms with Gasteiger partial charge in [0.1, 0.15) is 5.75 Å². The van der Waals surface area contributed by atoms with Gasteiger partial charge in [0.05, 0.1) is 0 Å². The van der Waals surface area contributed by atoms with Crippen LogP contribution in [0.4, 0.5) is 13.2 Å². The van der Waals surface area contributed by atoms with Crippen molar-refractivity contribution in [2.75, 3.05) is 13.1 Å². The Bertz CT molecular complexity index is 548. The van der Waals surface area contributed by atoms with Crippen molar-refractivity contribution in [2.45, 2.75) is 39.2 Å². The first-order valence-electron chi connectivity index (χ1n) is 7.58. The Hall–Kier alpha value is -1.76. The fraction of sp³-hybridized carbons (Fsp3) is 0.562. The average Bonchev–Trinajstić information content (AvgIpc) is 2.44. The predicted octanol–water partition coefficient (Wildman–Crippen LogP) is 2.93. The molecule has 0 aliphatic carbocycles. The van der Waals surface area contributed by atoms with Gasteiger partial charge in [-0.25, -0.2) is 0 Å². The number of likely N-dealkylation sites (tertiary alicyclic amines) is 1. The van der Waals surface area contributed by atoms with Crippen LogP contribution in [0.5, 0.6) is 5.75 Å². The summed E-state index contributed by atoms with van der Waals surface area (Å²) in [4.78, 5) is 13.2. The van der Waals surface area contributed by atoms with Crippen LogP contribution in [0.15, 0.2) is 24.3 Å². The lowest BCUT2D eigenvalue weighted by Gasteiger charge is -2.37. The highest BCUT2D eigenvalue weighted by Gasteiger charge is 2.31. The standard InChI is InChI=1S/C16H21F3N2O2/c1-11-10-21(12(2)22)7-6-15(11)20-9-13-4-3-5-14(8-13)23-16(17,18)19/h3-5,8,11,15,20H,6-7,9-10H2,1-2H3. The SMILES string of the molecule is CC(=O)N1CCC(NCc2cccc(OC(F)(F)F)c2)C(C)C1. The lowest BCUT2D eigenvalue weighted by Crippen LogP contribution is -2.49. The number of carbonyl (C=O) groups excluding carboxylic acids is 1. The maximum atomic E-state index is 12.2. The van der Waals surface area contributed by atoms with Gasteiger partial charge in [0, 0.05) is 32.6 Å². The van der Waals surface area contributed by atoms with E-state index in [0.29, 0.717) is 25.6 Å². The fourth-order valence-corrected chi connectivity index (χ4v) is 2.84. The number of carbonyl (C=O) groups is 1. The first-order valence-corrected chi connectivity index (χ1v) is 7.58. The highest BCUT2D eigenvalue weighted by Crippen LogP contribution is 2.24. The van der Waals surface area contributed by atoms with Gasteiger partial charge < -0.3 is 15.0 Å².